The number of benzene rings is 1. The number of nitrogens with one attached hydrogen (secondary N) is 1. The van der Waals surface area contributed by atoms with E-state index in [0.717, 1.165) is 37.0 Å². The van der Waals surface area contributed by atoms with Crippen molar-refractivity contribution >= 4 is 17.4 Å². The van der Waals surface area contributed by atoms with Crippen LogP contribution in [-0.4, -0.2) is 41.3 Å². The zero-order valence-corrected chi connectivity index (χ0v) is 13.3. The topological polar surface area (TPSA) is 52.2 Å². The van der Waals surface area contributed by atoms with E-state index >= 15 is 0 Å². The van der Waals surface area contributed by atoms with Gasteiger partial charge in [-0.15, -0.1) is 0 Å². The lowest BCUT2D eigenvalue weighted by molar-refractivity contribution is 0.198. The number of nitrogens with zero attached hydrogens (tertiary/aromatic N) is 3. The third-order valence-electron chi connectivity index (χ3n) is 4.18. The van der Waals surface area contributed by atoms with Crippen LogP contribution in [0, 0.1) is 0 Å². The van der Waals surface area contributed by atoms with E-state index in [-0.39, 0.29) is 5.56 Å². The molecule has 0 saturated carbocycles. The molecule has 0 radical (unpaired) electrons. The normalized spacial score (nSPS) is 17.5. The number of aromatic amines is 1. The minimum atomic E-state index is -0.169. The summed E-state index contributed by atoms with van der Waals surface area (Å²) in [6.07, 6.45) is 0. The molecule has 0 aliphatic carbocycles. The number of hydrogen-bond acceptors (Lipinski definition) is 4. The van der Waals surface area contributed by atoms with Crippen molar-refractivity contribution in [3.63, 3.8) is 0 Å². The molecular weight excluding hydrogens is 300 g/mol. The van der Waals surface area contributed by atoms with E-state index in [2.05, 4.69) is 33.0 Å². The zero-order valence-electron chi connectivity index (χ0n) is 12.5. The average Bonchev–Trinajstić information content (AvgIpc) is 2.55. The fourth-order valence-corrected chi connectivity index (χ4v) is 3.03. The molecule has 0 bridgehead atoms. The standard InChI is InChI=1S/C16H19ClN4O/c1-12(13-3-2-4-14(17)11-13)20-7-9-21(10-8-20)15-5-6-16(22)19-18-15/h2-6,11-12H,7-10H2,1H3,(H,19,22)/t12-/m1/s1. The fraction of sp³-hybridized carbons (Fsp3) is 0.375. The summed E-state index contributed by atoms with van der Waals surface area (Å²) in [7, 11) is 0. The largest absolute Gasteiger partial charge is 0.353 e. The van der Waals surface area contributed by atoms with Gasteiger partial charge < -0.3 is 4.90 Å². The first-order valence-electron chi connectivity index (χ1n) is 7.44. The molecule has 22 heavy (non-hydrogen) atoms. The first kappa shape index (κ1) is 15.1. The van der Waals surface area contributed by atoms with Gasteiger partial charge in [0.15, 0.2) is 0 Å². The Bertz CT molecular complexity index is 674. The maximum atomic E-state index is 11.1. The first-order chi connectivity index (χ1) is 10.6. The minimum absolute atomic E-state index is 0.169. The van der Waals surface area contributed by atoms with Gasteiger partial charge in [-0.25, -0.2) is 5.10 Å². The van der Waals surface area contributed by atoms with Gasteiger partial charge in [-0.05, 0) is 30.7 Å². The van der Waals surface area contributed by atoms with Crippen molar-refractivity contribution < 1.29 is 0 Å². The van der Waals surface area contributed by atoms with Crippen LogP contribution in [-0.2, 0) is 0 Å². The summed E-state index contributed by atoms with van der Waals surface area (Å²) in [4.78, 5) is 15.7. The highest BCUT2D eigenvalue weighted by Gasteiger charge is 2.22. The summed E-state index contributed by atoms with van der Waals surface area (Å²) >= 11 is 6.08. The van der Waals surface area contributed by atoms with Gasteiger partial charge >= 0.3 is 0 Å². The molecule has 1 N–H and O–H groups in total. The second kappa shape index (κ2) is 6.50. The van der Waals surface area contributed by atoms with Gasteiger partial charge in [0.25, 0.3) is 5.56 Å². The number of piperazine rings is 1. The van der Waals surface area contributed by atoms with Gasteiger partial charge in [-0.2, -0.15) is 5.10 Å². The fourth-order valence-electron chi connectivity index (χ4n) is 2.83. The van der Waals surface area contributed by atoms with Crippen molar-refractivity contribution in [1.29, 1.82) is 0 Å². The van der Waals surface area contributed by atoms with E-state index in [4.69, 9.17) is 11.6 Å². The summed E-state index contributed by atoms with van der Waals surface area (Å²) < 4.78 is 0. The van der Waals surface area contributed by atoms with Crippen LogP contribution in [0.5, 0.6) is 0 Å². The lowest BCUT2D eigenvalue weighted by atomic mass is 10.1. The minimum Gasteiger partial charge on any atom is -0.353 e. The van der Waals surface area contributed by atoms with E-state index in [9.17, 15) is 4.79 Å². The van der Waals surface area contributed by atoms with Crippen molar-refractivity contribution in [2.24, 2.45) is 0 Å². The smallest absolute Gasteiger partial charge is 0.264 e. The SMILES string of the molecule is C[C@H](c1cccc(Cl)c1)N1CCN(c2ccc(=O)[nH]n2)CC1. The van der Waals surface area contributed by atoms with E-state index in [1.807, 2.05) is 18.2 Å². The van der Waals surface area contributed by atoms with Crippen LogP contribution in [0.3, 0.4) is 0 Å². The molecule has 1 aliphatic heterocycles. The number of aromatic nitrogens is 2. The van der Waals surface area contributed by atoms with Crippen molar-refractivity contribution in [2.75, 3.05) is 31.1 Å². The van der Waals surface area contributed by atoms with Crippen molar-refractivity contribution in [2.45, 2.75) is 13.0 Å². The van der Waals surface area contributed by atoms with Gasteiger partial charge in [-0.3, -0.25) is 9.69 Å². The lowest BCUT2D eigenvalue weighted by Crippen LogP contribution is -2.47. The highest BCUT2D eigenvalue weighted by atomic mass is 35.5. The predicted octanol–water partition coefficient (Wildman–Crippen LogP) is 2.31. The molecule has 2 aromatic rings. The number of H-pyrrole nitrogens is 1. The van der Waals surface area contributed by atoms with Crippen LogP contribution in [0.2, 0.25) is 5.02 Å². The predicted molar refractivity (Wildman–Crippen MR) is 88.5 cm³/mol. The van der Waals surface area contributed by atoms with Crippen LogP contribution in [0.25, 0.3) is 0 Å². The quantitative estimate of drug-likeness (QED) is 0.943. The molecule has 1 atom stereocenters. The molecule has 5 nitrogen and oxygen atoms in total. The summed E-state index contributed by atoms with van der Waals surface area (Å²) in [5.74, 6) is 0.828. The molecule has 1 saturated heterocycles. The van der Waals surface area contributed by atoms with Gasteiger partial charge in [0.2, 0.25) is 0 Å². The Balaban J connectivity index is 1.64. The molecule has 2 heterocycles. The highest BCUT2D eigenvalue weighted by Crippen LogP contribution is 2.24. The molecule has 0 spiro atoms. The maximum Gasteiger partial charge on any atom is 0.264 e. The molecule has 0 amide bonds. The first-order valence-corrected chi connectivity index (χ1v) is 7.81. The molecule has 0 unspecified atom stereocenters. The summed E-state index contributed by atoms with van der Waals surface area (Å²) in [6, 6.07) is 11.7. The Kier molecular flexibility index (Phi) is 4.45. The number of anilines is 1. The molecule has 6 heteroatoms. The van der Waals surface area contributed by atoms with Crippen LogP contribution < -0.4 is 10.5 Å². The van der Waals surface area contributed by atoms with Crippen LogP contribution in [0.4, 0.5) is 5.82 Å². The summed E-state index contributed by atoms with van der Waals surface area (Å²) in [5.41, 5.74) is 1.07. The Labute approximate surface area is 134 Å². The van der Waals surface area contributed by atoms with Crippen molar-refractivity contribution in [3.05, 3.63) is 57.3 Å². The van der Waals surface area contributed by atoms with Gasteiger partial charge in [0, 0.05) is 43.3 Å². The lowest BCUT2D eigenvalue weighted by Gasteiger charge is -2.38. The summed E-state index contributed by atoms with van der Waals surface area (Å²) in [5, 5.41) is 7.36. The van der Waals surface area contributed by atoms with Crippen molar-refractivity contribution in [3.8, 4) is 0 Å². The average molecular weight is 319 g/mol. The Morgan fingerprint density at radius 2 is 1.95 bits per heavy atom. The molecule has 116 valence electrons. The molecule has 1 aliphatic rings. The molecule has 1 fully saturated rings. The number of halogens is 1. The van der Waals surface area contributed by atoms with Crippen molar-refractivity contribution in [1.82, 2.24) is 15.1 Å². The molecular formula is C16H19ClN4O. The number of hydrogen-bond donors (Lipinski definition) is 1. The van der Waals surface area contributed by atoms with Crippen LogP contribution in [0.1, 0.15) is 18.5 Å². The van der Waals surface area contributed by atoms with Gasteiger partial charge in [0.05, 0.1) is 0 Å². The number of rotatable bonds is 3. The van der Waals surface area contributed by atoms with E-state index in [0.29, 0.717) is 6.04 Å². The van der Waals surface area contributed by atoms with Gasteiger partial charge in [-0.1, -0.05) is 23.7 Å². The Hall–Kier alpha value is -1.85. The Morgan fingerprint density at radius 3 is 2.59 bits per heavy atom. The Morgan fingerprint density at radius 1 is 1.18 bits per heavy atom. The van der Waals surface area contributed by atoms with E-state index < -0.39 is 0 Å². The second-order valence-electron chi connectivity index (χ2n) is 5.53. The molecule has 1 aromatic carbocycles. The maximum absolute atomic E-state index is 11.1. The van der Waals surface area contributed by atoms with E-state index in [1.54, 1.807) is 6.07 Å². The monoisotopic (exact) mass is 318 g/mol. The van der Waals surface area contributed by atoms with Crippen LogP contribution in [0.15, 0.2) is 41.2 Å². The third kappa shape index (κ3) is 3.31. The highest BCUT2D eigenvalue weighted by molar-refractivity contribution is 6.30. The third-order valence-corrected chi connectivity index (χ3v) is 4.42. The zero-order chi connectivity index (χ0) is 15.5. The molecule has 3 rings (SSSR count). The van der Waals surface area contributed by atoms with E-state index in [1.165, 1.54) is 11.6 Å². The van der Waals surface area contributed by atoms with Crippen LogP contribution >= 0.6 is 11.6 Å². The van der Waals surface area contributed by atoms with Gasteiger partial charge in [0.1, 0.15) is 5.82 Å². The second-order valence-corrected chi connectivity index (χ2v) is 5.97. The summed E-state index contributed by atoms with van der Waals surface area (Å²) in [6.45, 7) is 5.90. The molecule has 1 aromatic heterocycles.